The van der Waals surface area contributed by atoms with Crippen molar-refractivity contribution < 1.29 is 4.79 Å². The molecule has 2 aromatic carbocycles. The molecule has 126 valence electrons. The fourth-order valence-electron chi connectivity index (χ4n) is 1.98. The number of benzene rings is 2. The number of aromatic nitrogens is 4. The summed E-state index contributed by atoms with van der Waals surface area (Å²) < 4.78 is 1.56. The lowest BCUT2D eigenvalue weighted by molar-refractivity contribution is -0.110. The summed E-state index contributed by atoms with van der Waals surface area (Å²) in [5.41, 5.74) is 5.65. The molecule has 0 aliphatic carbocycles. The zero-order valence-corrected chi connectivity index (χ0v) is 14.6. The number of ketones is 1. The van der Waals surface area contributed by atoms with Gasteiger partial charge in [-0.2, -0.15) is 9.78 Å². The van der Waals surface area contributed by atoms with E-state index in [0.717, 1.165) is 28.7 Å². The van der Waals surface area contributed by atoms with Crippen LogP contribution in [0.1, 0.15) is 12.5 Å². The van der Waals surface area contributed by atoms with Crippen molar-refractivity contribution in [2.45, 2.75) is 19.0 Å². The molecule has 0 unspecified atom stereocenters. The van der Waals surface area contributed by atoms with Crippen molar-refractivity contribution in [3.63, 3.8) is 0 Å². The third-order valence-electron chi connectivity index (χ3n) is 3.27. The van der Waals surface area contributed by atoms with Crippen LogP contribution in [0.25, 0.3) is 5.69 Å². The standard InChI is InChI=1S/C17H16N6OS/c1-12-8-10-14(11-9-12)18-19-16(13(2)24)25-17-20-21-22-23(17)15-6-4-3-5-7-15/h3-11,18H,1-2H3/b19-16-. The van der Waals surface area contributed by atoms with Gasteiger partial charge < -0.3 is 0 Å². The lowest BCUT2D eigenvalue weighted by Crippen LogP contribution is -2.10. The molecule has 1 heterocycles. The normalized spacial score (nSPS) is 11.4. The predicted octanol–water partition coefficient (Wildman–Crippen LogP) is 3.08. The number of hydrazone groups is 1. The Hall–Kier alpha value is -3.00. The van der Waals surface area contributed by atoms with Crippen molar-refractivity contribution >= 4 is 28.3 Å². The van der Waals surface area contributed by atoms with E-state index >= 15 is 0 Å². The van der Waals surface area contributed by atoms with E-state index in [1.54, 1.807) is 4.68 Å². The van der Waals surface area contributed by atoms with E-state index in [1.807, 2.05) is 61.5 Å². The van der Waals surface area contributed by atoms with Gasteiger partial charge >= 0.3 is 0 Å². The van der Waals surface area contributed by atoms with Gasteiger partial charge in [0.25, 0.3) is 0 Å². The minimum absolute atomic E-state index is 0.174. The molecule has 0 bridgehead atoms. The molecule has 0 spiro atoms. The second-order valence-electron chi connectivity index (χ2n) is 5.26. The SMILES string of the molecule is CC(=O)/C(=N/Nc1ccc(C)cc1)Sc1nnnn1-c1ccccc1. The number of thioether (sulfide) groups is 1. The first-order valence-electron chi connectivity index (χ1n) is 7.56. The molecule has 0 aliphatic rings. The molecule has 0 saturated carbocycles. The van der Waals surface area contributed by atoms with E-state index in [-0.39, 0.29) is 10.8 Å². The zero-order valence-electron chi connectivity index (χ0n) is 13.7. The van der Waals surface area contributed by atoms with E-state index in [1.165, 1.54) is 6.92 Å². The topological polar surface area (TPSA) is 85.1 Å². The maximum atomic E-state index is 11.9. The van der Waals surface area contributed by atoms with Crippen LogP contribution in [-0.4, -0.2) is 31.0 Å². The minimum atomic E-state index is -0.174. The van der Waals surface area contributed by atoms with Gasteiger partial charge in [0.15, 0.2) is 10.8 Å². The molecule has 1 N–H and O–H groups in total. The first-order chi connectivity index (χ1) is 12.1. The minimum Gasteiger partial charge on any atom is -0.292 e. The lowest BCUT2D eigenvalue weighted by atomic mass is 10.2. The number of para-hydroxylation sites is 1. The van der Waals surface area contributed by atoms with Gasteiger partial charge in [0.1, 0.15) is 0 Å². The van der Waals surface area contributed by atoms with E-state index in [2.05, 4.69) is 26.1 Å². The average Bonchev–Trinajstić information content (AvgIpc) is 3.08. The molecule has 8 heteroatoms. The van der Waals surface area contributed by atoms with Crippen LogP contribution in [0.3, 0.4) is 0 Å². The summed E-state index contributed by atoms with van der Waals surface area (Å²) in [5.74, 6) is -0.174. The van der Waals surface area contributed by atoms with Gasteiger partial charge in [-0.15, -0.1) is 5.10 Å². The van der Waals surface area contributed by atoms with Crippen LogP contribution in [0, 0.1) is 6.92 Å². The van der Waals surface area contributed by atoms with Crippen LogP contribution in [-0.2, 0) is 4.79 Å². The summed E-state index contributed by atoms with van der Waals surface area (Å²) in [7, 11) is 0. The van der Waals surface area contributed by atoms with Crippen molar-refractivity contribution in [3.05, 3.63) is 60.2 Å². The van der Waals surface area contributed by atoms with Gasteiger partial charge in [-0.25, -0.2) is 0 Å². The highest BCUT2D eigenvalue weighted by atomic mass is 32.2. The Morgan fingerprint density at radius 1 is 1.12 bits per heavy atom. The molecular weight excluding hydrogens is 336 g/mol. The highest BCUT2D eigenvalue weighted by Crippen LogP contribution is 2.20. The number of Topliss-reactive ketones (excluding diaryl/α,β-unsaturated/α-hetero) is 1. The molecule has 7 nitrogen and oxygen atoms in total. The number of carbonyl (C=O) groups is 1. The number of nitrogens with one attached hydrogen (secondary N) is 1. The first-order valence-corrected chi connectivity index (χ1v) is 8.38. The first kappa shape index (κ1) is 16.8. The molecule has 0 saturated heterocycles. The van der Waals surface area contributed by atoms with Crippen LogP contribution in [0.5, 0.6) is 0 Å². The Kier molecular flexibility index (Phi) is 5.20. The second kappa shape index (κ2) is 7.71. The van der Waals surface area contributed by atoms with Crippen LogP contribution in [0.2, 0.25) is 0 Å². The summed E-state index contributed by atoms with van der Waals surface area (Å²) in [4.78, 5) is 11.9. The van der Waals surface area contributed by atoms with Gasteiger partial charge in [0.2, 0.25) is 5.16 Å². The molecule has 0 atom stereocenters. The number of aryl methyl sites for hydroxylation is 1. The van der Waals surface area contributed by atoms with Gasteiger partial charge in [0, 0.05) is 6.92 Å². The van der Waals surface area contributed by atoms with Crippen LogP contribution >= 0.6 is 11.8 Å². The quantitative estimate of drug-likeness (QED) is 0.329. The van der Waals surface area contributed by atoms with Crippen molar-refractivity contribution in [2.75, 3.05) is 5.43 Å². The molecular formula is C17H16N6OS. The van der Waals surface area contributed by atoms with Gasteiger partial charge in [-0.1, -0.05) is 35.9 Å². The maximum Gasteiger partial charge on any atom is 0.220 e. The van der Waals surface area contributed by atoms with Crippen molar-refractivity contribution in [3.8, 4) is 5.69 Å². The predicted molar refractivity (Wildman–Crippen MR) is 97.9 cm³/mol. The van der Waals surface area contributed by atoms with Gasteiger partial charge in [0.05, 0.1) is 11.4 Å². The fraction of sp³-hybridized carbons (Fsp3) is 0.118. The third-order valence-corrected chi connectivity index (χ3v) is 4.28. The Labute approximate surface area is 149 Å². The smallest absolute Gasteiger partial charge is 0.220 e. The highest BCUT2D eigenvalue weighted by molar-refractivity contribution is 8.15. The monoisotopic (exact) mass is 352 g/mol. The van der Waals surface area contributed by atoms with Gasteiger partial charge in [-0.05, 0) is 53.4 Å². The van der Waals surface area contributed by atoms with Crippen LogP contribution in [0.15, 0.2) is 64.9 Å². The number of carbonyl (C=O) groups excluding carboxylic acids is 1. The van der Waals surface area contributed by atoms with Crippen LogP contribution < -0.4 is 5.43 Å². The number of tetrazole rings is 1. The van der Waals surface area contributed by atoms with E-state index in [9.17, 15) is 4.79 Å². The van der Waals surface area contributed by atoms with E-state index in [0.29, 0.717) is 5.16 Å². The summed E-state index contributed by atoms with van der Waals surface area (Å²) in [6.07, 6.45) is 0. The maximum absolute atomic E-state index is 11.9. The molecule has 3 rings (SSSR count). The second-order valence-corrected chi connectivity index (χ2v) is 6.22. The summed E-state index contributed by atoms with van der Waals surface area (Å²) in [5, 5.41) is 16.6. The van der Waals surface area contributed by atoms with Gasteiger partial charge in [-0.3, -0.25) is 10.2 Å². The highest BCUT2D eigenvalue weighted by Gasteiger charge is 2.16. The van der Waals surface area contributed by atoms with Crippen molar-refractivity contribution in [1.29, 1.82) is 0 Å². The Morgan fingerprint density at radius 2 is 1.84 bits per heavy atom. The average molecular weight is 352 g/mol. The number of hydrogen-bond acceptors (Lipinski definition) is 7. The molecule has 3 aromatic rings. The van der Waals surface area contributed by atoms with Crippen molar-refractivity contribution in [1.82, 2.24) is 20.2 Å². The molecule has 25 heavy (non-hydrogen) atoms. The fourth-order valence-corrected chi connectivity index (χ4v) is 2.69. The molecule has 0 amide bonds. The lowest BCUT2D eigenvalue weighted by Gasteiger charge is -2.06. The molecule has 0 radical (unpaired) electrons. The van der Waals surface area contributed by atoms with E-state index < -0.39 is 0 Å². The number of anilines is 1. The molecule has 0 aliphatic heterocycles. The number of nitrogens with zero attached hydrogens (tertiary/aromatic N) is 5. The summed E-state index contributed by atoms with van der Waals surface area (Å²) in [6, 6.07) is 17.2. The summed E-state index contributed by atoms with van der Waals surface area (Å²) in [6.45, 7) is 3.46. The zero-order chi connectivity index (χ0) is 17.6. The third kappa shape index (κ3) is 4.30. The number of hydrogen-bond donors (Lipinski definition) is 1. The summed E-state index contributed by atoms with van der Waals surface area (Å²) >= 11 is 1.11. The Morgan fingerprint density at radius 3 is 2.52 bits per heavy atom. The largest absolute Gasteiger partial charge is 0.292 e. The molecule has 1 aromatic heterocycles. The molecule has 0 fully saturated rings. The Balaban J connectivity index is 1.81. The van der Waals surface area contributed by atoms with Crippen LogP contribution in [0.4, 0.5) is 5.69 Å². The number of rotatable bonds is 5. The van der Waals surface area contributed by atoms with E-state index in [4.69, 9.17) is 0 Å². The Bertz CT molecular complexity index is 889. The van der Waals surface area contributed by atoms with Crippen molar-refractivity contribution in [2.24, 2.45) is 5.10 Å².